The van der Waals surface area contributed by atoms with Crippen molar-refractivity contribution in [1.29, 1.82) is 0 Å². The van der Waals surface area contributed by atoms with Crippen molar-refractivity contribution in [1.82, 2.24) is 4.90 Å². The van der Waals surface area contributed by atoms with Crippen LogP contribution >= 0.6 is 0 Å². The molecule has 1 saturated carbocycles. The topological polar surface area (TPSA) is 96.2 Å². The summed E-state index contributed by atoms with van der Waals surface area (Å²) in [4.78, 5) is 28.1. The van der Waals surface area contributed by atoms with E-state index in [0.717, 1.165) is 31.2 Å². The van der Waals surface area contributed by atoms with Crippen molar-refractivity contribution in [2.24, 2.45) is 5.92 Å². The van der Waals surface area contributed by atoms with Gasteiger partial charge in [0.1, 0.15) is 5.69 Å². The van der Waals surface area contributed by atoms with E-state index in [2.05, 4.69) is 0 Å². The lowest BCUT2D eigenvalue weighted by Gasteiger charge is -2.34. The number of anilines is 1. The summed E-state index contributed by atoms with van der Waals surface area (Å²) in [6.45, 7) is 2.87. The summed E-state index contributed by atoms with van der Waals surface area (Å²) < 4.78 is 5.35. The molecule has 2 heterocycles. The van der Waals surface area contributed by atoms with Gasteiger partial charge in [-0.1, -0.05) is 0 Å². The summed E-state index contributed by atoms with van der Waals surface area (Å²) in [7, 11) is 0. The molecule has 2 aliphatic heterocycles. The number of ether oxygens (including phenoxy) is 1. The smallest absolute Gasteiger partial charge is 0.292 e. The maximum absolute atomic E-state index is 13.0. The van der Waals surface area contributed by atoms with Gasteiger partial charge in [0.05, 0.1) is 18.1 Å². The highest BCUT2D eigenvalue weighted by Crippen LogP contribution is 2.38. The van der Waals surface area contributed by atoms with Crippen LogP contribution in [0.2, 0.25) is 0 Å². The van der Waals surface area contributed by atoms with Gasteiger partial charge in [-0.3, -0.25) is 14.9 Å². The summed E-state index contributed by atoms with van der Waals surface area (Å²) in [5, 5.41) is 20.9. The monoisotopic (exact) mass is 375 g/mol. The SMILES string of the molecule is O=C1c2cc(N3CCOCC3)c([N+](=O)[O-])cc2CN1[C@H]1CC[C@H](CO)CC1. The average molecular weight is 375 g/mol. The molecule has 8 heteroatoms. The number of amides is 1. The van der Waals surface area contributed by atoms with Crippen LogP contribution in [0, 0.1) is 16.0 Å². The molecule has 0 atom stereocenters. The van der Waals surface area contributed by atoms with Crippen LogP contribution in [0.1, 0.15) is 41.6 Å². The summed E-state index contributed by atoms with van der Waals surface area (Å²) in [6.07, 6.45) is 3.59. The Hall–Kier alpha value is -2.19. The molecule has 2 fully saturated rings. The lowest BCUT2D eigenvalue weighted by molar-refractivity contribution is -0.384. The first kappa shape index (κ1) is 18.2. The van der Waals surface area contributed by atoms with E-state index in [0.29, 0.717) is 50.0 Å². The first-order valence-electron chi connectivity index (χ1n) is 9.64. The molecule has 1 amide bonds. The number of carbonyl (C=O) groups excluding carboxylic acids is 1. The van der Waals surface area contributed by atoms with E-state index in [9.17, 15) is 20.0 Å². The molecule has 0 radical (unpaired) electrons. The molecule has 0 unspecified atom stereocenters. The van der Waals surface area contributed by atoms with Crippen LogP contribution in [0.25, 0.3) is 0 Å². The van der Waals surface area contributed by atoms with E-state index in [4.69, 9.17) is 4.74 Å². The zero-order chi connectivity index (χ0) is 19.0. The lowest BCUT2D eigenvalue weighted by Crippen LogP contribution is -2.38. The van der Waals surface area contributed by atoms with Gasteiger partial charge < -0.3 is 19.6 Å². The molecule has 1 aliphatic carbocycles. The molecule has 4 rings (SSSR count). The van der Waals surface area contributed by atoms with Gasteiger partial charge in [-0.05, 0) is 43.2 Å². The molecular formula is C19H25N3O5. The Morgan fingerprint density at radius 2 is 1.89 bits per heavy atom. The first-order chi connectivity index (χ1) is 13.1. The molecule has 8 nitrogen and oxygen atoms in total. The Balaban J connectivity index is 1.60. The van der Waals surface area contributed by atoms with Crippen LogP contribution < -0.4 is 4.90 Å². The van der Waals surface area contributed by atoms with E-state index in [1.807, 2.05) is 9.80 Å². The maximum Gasteiger partial charge on any atom is 0.292 e. The number of nitro groups is 1. The average Bonchev–Trinajstić information content (AvgIpc) is 3.03. The number of aliphatic hydroxyl groups is 1. The molecule has 1 aromatic carbocycles. The van der Waals surface area contributed by atoms with Gasteiger partial charge in [0, 0.05) is 43.9 Å². The molecule has 146 valence electrons. The minimum atomic E-state index is -0.356. The molecule has 0 aromatic heterocycles. The summed E-state index contributed by atoms with van der Waals surface area (Å²) in [5.41, 5.74) is 1.91. The van der Waals surface area contributed by atoms with E-state index in [1.54, 1.807) is 12.1 Å². The van der Waals surface area contributed by atoms with Gasteiger partial charge in [-0.25, -0.2) is 0 Å². The number of aliphatic hydroxyl groups excluding tert-OH is 1. The fourth-order valence-electron chi connectivity index (χ4n) is 4.50. The predicted molar refractivity (Wildman–Crippen MR) is 98.8 cm³/mol. The van der Waals surface area contributed by atoms with Gasteiger partial charge >= 0.3 is 0 Å². The summed E-state index contributed by atoms with van der Waals surface area (Å²) in [6, 6.07) is 3.44. The number of hydrogen-bond donors (Lipinski definition) is 1. The van der Waals surface area contributed by atoms with Crippen molar-refractivity contribution in [2.75, 3.05) is 37.8 Å². The predicted octanol–water partition coefficient (Wildman–Crippen LogP) is 1.94. The second-order valence-corrected chi connectivity index (χ2v) is 7.64. The normalized spacial score (nSPS) is 25.6. The number of nitro benzene ring substituents is 1. The Labute approximate surface area is 157 Å². The zero-order valence-corrected chi connectivity index (χ0v) is 15.3. The second kappa shape index (κ2) is 7.44. The van der Waals surface area contributed by atoms with Crippen molar-refractivity contribution in [3.63, 3.8) is 0 Å². The van der Waals surface area contributed by atoms with Crippen molar-refractivity contribution < 1.29 is 19.6 Å². The third-order valence-corrected chi connectivity index (χ3v) is 6.10. The van der Waals surface area contributed by atoms with Gasteiger partial charge in [-0.15, -0.1) is 0 Å². The van der Waals surface area contributed by atoms with Crippen molar-refractivity contribution >= 4 is 17.3 Å². The van der Waals surface area contributed by atoms with E-state index in [-0.39, 0.29) is 29.2 Å². The maximum atomic E-state index is 13.0. The van der Waals surface area contributed by atoms with E-state index >= 15 is 0 Å². The molecule has 1 saturated heterocycles. The van der Waals surface area contributed by atoms with Gasteiger partial charge in [0.15, 0.2) is 0 Å². The second-order valence-electron chi connectivity index (χ2n) is 7.64. The number of hydrogen-bond acceptors (Lipinski definition) is 6. The third-order valence-electron chi connectivity index (χ3n) is 6.10. The lowest BCUT2D eigenvalue weighted by atomic mass is 9.86. The molecule has 0 bridgehead atoms. The van der Waals surface area contributed by atoms with Gasteiger partial charge in [0.2, 0.25) is 0 Å². The Morgan fingerprint density at radius 1 is 1.19 bits per heavy atom. The van der Waals surface area contributed by atoms with Crippen LogP contribution in [0.3, 0.4) is 0 Å². The minimum Gasteiger partial charge on any atom is -0.396 e. The van der Waals surface area contributed by atoms with Crippen LogP contribution in [0.4, 0.5) is 11.4 Å². The number of carbonyl (C=O) groups is 1. The fraction of sp³-hybridized carbons (Fsp3) is 0.632. The van der Waals surface area contributed by atoms with Crippen LogP contribution in [-0.2, 0) is 11.3 Å². The van der Waals surface area contributed by atoms with Crippen molar-refractivity contribution in [3.8, 4) is 0 Å². The van der Waals surface area contributed by atoms with Crippen molar-refractivity contribution in [3.05, 3.63) is 33.4 Å². The molecular weight excluding hydrogens is 350 g/mol. The molecule has 27 heavy (non-hydrogen) atoms. The minimum absolute atomic E-state index is 0.0261. The molecule has 1 N–H and O–H groups in total. The zero-order valence-electron chi connectivity index (χ0n) is 15.3. The first-order valence-corrected chi connectivity index (χ1v) is 9.64. The van der Waals surface area contributed by atoms with Crippen LogP contribution in [-0.4, -0.2) is 59.8 Å². The fourth-order valence-corrected chi connectivity index (χ4v) is 4.50. The van der Waals surface area contributed by atoms with Gasteiger partial charge in [-0.2, -0.15) is 0 Å². The number of morpholine rings is 1. The van der Waals surface area contributed by atoms with E-state index in [1.165, 1.54) is 0 Å². The number of fused-ring (bicyclic) bond motifs is 1. The standard InChI is InChI=1S/C19H25N3O5/c23-12-13-1-3-15(4-2-13)21-11-14-9-18(22(25)26)17(10-16(14)19(21)24)20-5-7-27-8-6-20/h9-10,13,15,23H,1-8,11-12H2/t13-,15-. The Kier molecular flexibility index (Phi) is 5.01. The molecule has 0 spiro atoms. The van der Waals surface area contributed by atoms with E-state index < -0.39 is 0 Å². The third kappa shape index (κ3) is 3.39. The summed E-state index contributed by atoms with van der Waals surface area (Å²) >= 11 is 0. The molecule has 1 aromatic rings. The highest BCUT2D eigenvalue weighted by atomic mass is 16.6. The van der Waals surface area contributed by atoms with Crippen molar-refractivity contribution in [2.45, 2.75) is 38.3 Å². The van der Waals surface area contributed by atoms with Crippen LogP contribution in [0.15, 0.2) is 12.1 Å². The largest absolute Gasteiger partial charge is 0.396 e. The number of benzene rings is 1. The van der Waals surface area contributed by atoms with Gasteiger partial charge in [0.25, 0.3) is 11.6 Å². The Bertz CT molecular complexity index is 739. The highest BCUT2D eigenvalue weighted by Gasteiger charge is 2.37. The number of nitrogens with zero attached hydrogens (tertiary/aromatic N) is 3. The Morgan fingerprint density at radius 3 is 2.52 bits per heavy atom. The van der Waals surface area contributed by atoms with Crippen LogP contribution in [0.5, 0.6) is 0 Å². The number of rotatable bonds is 4. The quantitative estimate of drug-likeness (QED) is 0.638. The molecule has 3 aliphatic rings. The highest BCUT2D eigenvalue weighted by molar-refractivity contribution is 6.00. The summed E-state index contributed by atoms with van der Waals surface area (Å²) in [5.74, 6) is 0.303.